The summed E-state index contributed by atoms with van der Waals surface area (Å²) in [6.45, 7) is 4.24. The quantitative estimate of drug-likeness (QED) is 0.315. The monoisotopic (exact) mass is 153 g/mol. The van der Waals surface area contributed by atoms with Crippen LogP contribution >= 0.6 is 0 Å². The number of hydrogen-bond donors (Lipinski definition) is 0. The highest BCUT2D eigenvalue weighted by Gasteiger charge is 2.32. The molecule has 0 bridgehead atoms. The molecule has 1 aliphatic rings. The maximum Gasteiger partial charge on any atom is 0.0485 e. The smallest absolute Gasteiger partial charge is 0.0485 e. The van der Waals surface area contributed by atoms with Gasteiger partial charge in [-0.1, -0.05) is 38.2 Å². The van der Waals surface area contributed by atoms with Crippen LogP contribution in [0.15, 0.2) is 5.11 Å². The highest BCUT2D eigenvalue weighted by Crippen LogP contribution is 2.36. The predicted octanol–water partition coefficient (Wildman–Crippen LogP) is 3.27. The lowest BCUT2D eigenvalue weighted by Gasteiger charge is -2.35. The van der Waals surface area contributed by atoms with Gasteiger partial charge in [0.15, 0.2) is 0 Å². The van der Waals surface area contributed by atoms with Crippen LogP contribution in [0, 0.1) is 5.92 Å². The van der Waals surface area contributed by atoms with Gasteiger partial charge in [0.1, 0.15) is 0 Å². The molecule has 0 amide bonds. The van der Waals surface area contributed by atoms with E-state index >= 15 is 0 Å². The van der Waals surface area contributed by atoms with Crippen LogP contribution in [0.5, 0.6) is 0 Å². The molecular formula is C8H15N3. The summed E-state index contributed by atoms with van der Waals surface area (Å²) in [5.41, 5.74) is 8.26. The predicted molar refractivity (Wildman–Crippen MR) is 45.2 cm³/mol. The van der Waals surface area contributed by atoms with Crippen LogP contribution in [0.3, 0.4) is 0 Å². The highest BCUT2D eigenvalue weighted by molar-refractivity contribution is 4.91. The Morgan fingerprint density at radius 1 is 1.55 bits per heavy atom. The second kappa shape index (κ2) is 3.14. The van der Waals surface area contributed by atoms with Crippen molar-refractivity contribution in [2.24, 2.45) is 11.0 Å². The van der Waals surface area contributed by atoms with E-state index in [0.717, 1.165) is 6.42 Å². The molecule has 0 unspecified atom stereocenters. The van der Waals surface area contributed by atoms with Crippen molar-refractivity contribution < 1.29 is 0 Å². The Morgan fingerprint density at radius 2 is 2.27 bits per heavy atom. The zero-order valence-electron chi connectivity index (χ0n) is 7.25. The third-order valence-electron chi connectivity index (χ3n) is 2.90. The molecule has 3 heteroatoms. The van der Waals surface area contributed by atoms with Gasteiger partial charge >= 0.3 is 0 Å². The molecule has 0 radical (unpaired) electrons. The van der Waals surface area contributed by atoms with Gasteiger partial charge in [0.2, 0.25) is 0 Å². The molecule has 0 aliphatic heterocycles. The van der Waals surface area contributed by atoms with Crippen molar-refractivity contribution in [1.82, 2.24) is 0 Å². The van der Waals surface area contributed by atoms with Crippen molar-refractivity contribution in [3.63, 3.8) is 0 Å². The standard InChI is InChI=1S/C8H15N3/c1-7-5-3-4-6-8(7,2)10-11-9/h7H,3-6H2,1-2H3/t7-,8-/m0/s1. The van der Waals surface area contributed by atoms with Gasteiger partial charge in [-0.15, -0.1) is 0 Å². The molecule has 1 fully saturated rings. The lowest BCUT2D eigenvalue weighted by Crippen LogP contribution is -2.33. The highest BCUT2D eigenvalue weighted by atomic mass is 15.2. The van der Waals surface area contributed by atoms with Crippen LogP contribution in [0.1, 0.15) is 39.5 Å². The lowest BCUT2D eigenvalue weighted by atomic mass is 9.76. The molecule has 0 N–H and O–H groups in total. The summed E-state index contributed by atoms with van der Waals surface area (Å²) < 4.78 is 0. The Labute approximate surface area is 67.4 Å². The van der Waals surface area contributed by atoms with Crippen LogP contribution in [-0.4, -0.2) is 5.54 Å². The number of hydrogen-bond acceptors (Lipinski definition) is 1. The average molecular weight is 153 g/mol. The first-order valence-corrected chi connectivity index (χ1v) is 4.25. The first-order valence-electron chi connectivity index (χ1n) is 4.25. The van der Waals surface area contributed by atoms with Crippen molar-refractivity contribution in [2.75, 3.05) is 0 Å². The van der Waals surface area contributed by atoms with Crippen molar-refractivity contribution in [2.45, 2.75) is 45.1 Å². The van der Waals surface area contributed by atoms with Gasteiger partial charge in [-0.05, 0) is 17.9 Å². The average Bonchev–Trinajstić information content (AvgIpc) is 1.96. The Kier molecular flexibility index (Phi) is 2.40. The zero-order valence-corrected chi connectivity index (χ0v) is 7.25. The fourth-order valence-electron chi connectivity index (χ4n) is 1.74. The summed E-state index contributed by atoms with van der Waals surface area (Å²) in [5, 5.41) is 3.88. The molecule has 0 heterocycles. The largest absolute Gasteiger partial charge is 0.0873 e. The van der Waals surface area contributed by atoms with E-state index in [1.54, 1.807) is 0 Å². The lowest BCUT2D eigenvalue weighted by molar-refractivity contribution is 0.226. The maximum atomic E-state index is 8.36. The Balaban J connectivity index is 2.72. The van der Waals surface area contributed by atoms with Crippen molar-refractivity contribution in [1.29, 1.82) is 0 Å². The molecule has 0 saturated heterocycles. The van der Waals surface area contributed by atoms with E-state index in [2.05, 4.69) is 23.9 Å². The fraction of sp³-hybridized carbons (Fsp3) is 1.00. The molecule has 3 nitrogen and oxygen atoms in total. The summed E-state index contributed by atoms with van der Waals surface area (Å²) in [5.74, 6) is 0.548. The zero-order chi connectivity index (χ0) is 8.32. The second-order valence-electron chi connectivity index (χ2n) is 3.69. The summed E-state index contributed by atoms with van der Waals surface area (Å²) in [6, 6.07) is 0. The van der Waals surface area contributed by atoms with Gasteiger partial charge in [-0.25, -0.2) is 0 Å². The molecule has 0 spiro atoms. The summed E-state index contributed by atoms with van der Waals surface area (Å²) in [4.78, 5) is 2.91. The van der Waals surface area contributed by atoms with Gasteiger partial charge in [-0.3, -0.25) is 0 Å². The van der Waals surface area contributed by atoms with Crippen LogP contribution in [0.25, 0.3) is 10.4 Å². The Morgan fingerprint density at radius 3 is 2.82 bits per heavy atom. The Hall–Kier alpha value is -0.690. The molecule has 2 atom stereocenters. The van der Waals surface area contributed by atoms with E-state index in [4.69, 9.17) is 5.53 Å². The van der Waals surface area contributed by atoms with E-state index in [9.17, 15) is 0 Å². The summed E-state index contributed by atoms with van der Waals surface area (Å²) in [7, 11) is 0. The first kappa shape index (κ1) is 8.41. The van der Waals surface area contributed by atoms with Gasteiger partial charge < -0.3 is 0 Å². The van der Waals surface area contributed by atoms with Crippen molar-refractivity contribution >= 4 is 0 Å². The first-order chi connectivity index (χ1) is 5.19. The minimum absolute atomic E-state index is 0.104. The van der Waals surface area contributed by atoms with E-state index in [1.807, 2.05) is 0 Å². The second-order valence-corrected chi connectivity index (χ2v) is 3.69. The SMILES string of the molecule is C[C@H]1CCCC[C@]1(C)N=[N+]=[N-]. The van der Waals surface area contributed by atoms with Gasteiger partial charge in [-0.2, -0.15) is 0 Å². The number of azide groups is 1. The van der Waals surface area contributed by atoms with Gasteiger partial charge in [0.05, 0.1) is 0 Å². The fourth-order valence-corrected chi connectivity index (χ4v) is 1.74. The van der Waals surface area contributed by atoms with E-state index in [0.29, 0.717) is 5.92 Å². The molecule has 0 aromatic carbocycles. The summed E-state index contributed by atoms with van der Waals surface area (Å²) in [6.07, 6.45) is 4.76. The maximum absolute atomic E-state index is 8.36. The third kappa shape index (κ3) is 1.66. The van der Waals surface area contributed by atoms with Gasteiger partial charge in [0, 0.05) is 10.5 Å². The van der Waals surface area contributed by atoms with Crippen LogP contribution < -0.4 is 0 Å². The molecule has 62 valence electrons. The molecule has 1 rings (SSSR count). The van der Waals surface area contributed by atoms with Crippen LogP contribution in [0.4, 0.5) is 0 Å². The molecule has 0 aromatic heterocycles. The number of nitrogens with zero attached hydrogens (tertiary/aromatic N) is 3. The Bertz CT molecular complexity index is 184. The normalized spacial score (nSPS) is 37.8. The molecule has 11 heavy (non-hydrogen) atoms. The molecule has 0 aromatic rings. The van der Waals surface area contributed by atoms with Crippen molar-refractivity contribution in [3.05, 3.63) is 10.4 Å². The van der Waals surface area contributed by atoms with Gasteiger partial charge in [0.25, 0.3) is 0 Å². The van der Waals surface area contributed by atoms with E-state index in [1.165, 1.54) is 19.3 Å². The minimum Gasteiger partial charge on any atom is -0.0873 e. The van der Waals surface area contributed by atoms with Crippen LogP contribution in [0.2, 0.25) is 0 Å². The van der Waals surface area contributed by atoms with Crippen molar-refractivity contribution in [3.8, 4) is 0 Å². The minimum atomic E-state index is -0.104. The summed E-state index contributed by atoms with van der Waals surface area (Å²) >= 11 is 0. The molecule has 1 aliphatic carbocycles. The topological polar surface area (TPSA) is 48.8 Å². The number of rotatable bonds is 1. The van der Waals surface area contributed by atoms with E-state index < -0.39 is 0 Å². The molecule has 1 saturated carbocycles. The van der Waals surface area contributed by atoms with Crippen LogP contribution in [-0.2, 0) is 0 Å². The molecular weight excluding hydrogens is 138 g/mol. The van der Waals surface area contributed by atoms with E-state index in [-0.39, 0.29) is 5.54 Å². The third-order valence-corrected chi connectivity index (χ3v) is 2.90.